The van der Waals surface area contributed by atoms with Gasteiger partial charge in [0.15, 0.2) is 11.5 Å². The predicted octanol–water partition coefficient (Wildman–Crippen LogP) is 3.51. The van der Waals surface area contributed by atoms with Gasteiger partial charge in [-0.25, -0.2) is 0 Å². The van der Waals surface area contributed by atoms with Crippen molar-refractivity contribution in [2.75, 3.05) is 34.5 Å². The molecule has 1 N–H and O–H groups in total. The summed E-state index contributed by atoms with van der Waals surface area (Å²) in [5.74, 6) is 1.23. The van der Waals surface area contributed by atoms with Crippen LogP contribution in [0.4, 0.5) is 0 Å². The Morgan fingerprint density at radius 3 is 2.43 bits per heavy atom. The van der Waals surface area contributed by atoms with E-state index in [4.69, 9.17) is 25.8 Å². The molecule has 1 aromatic rings. The van der Waals surface area contributed by atoms with Gasteiger partial charge in [0.05, 0.1) is 19.2 Å². The van der Waals surface area contributed by atoms with E-state index < -0.39 is 0 Å². The minimum absolute atomic E-state index is 0.191. The summed E-state index contributed by atoms with van der Waals surface area (Å²) in [6, 6.07) is 3.85. The van der Waals surface area contributed by atoms with Crippen molar-refractivity contribution in [2.24, 2.45) is 5.41 Å². The number of nitrogens with one attached hydrogen (secondary N) is 1. The molecule has 0 bridgehead atoms. The van der Waals surface area contributed by atoms with E-state index in [-0.39, 0.29) is 5.41 Å². The lowest BCUT2D eigenvalue weighted by Gasteiger charge is -2.24. The molecule has 0 aromatic heterocycles. The molecular formula is C16H26ClNO3. The molecule has 0 fully saturated rings. The molecule has 1 aromatic carbocycles. The fourth-order valence-electron chi connectivity index (χ4n) is 2.09. The Hall–Kier alpha value is -0.970. The van der Waals surface area contributed by atoms with E-state index in [1.54, 1.807) is 21.3 Å². The first-order valence-electron chi connectivity index (χ1n) is 7.03. The molecule has 0 saturated heterocycles. The van der Waals surface area contributed by atoms with E-state index in [9.17, 15) is 0 Å². The number of rotatable bonds is 9. The fraction of sp³-hybridized carbons (Fsp3) is 0.625. The van der Waals surface area contributed by atoms with Crippen molar-refractivity contribution in [3.05, 3.63) is 22.7 Å². The van der Waals surface area contributed by atoms with Crippen LogP contribution in [0.15, 0.2) is 12.1 Å². The minimum atomic E-state index is 0.191. The topological polar surface area (TPSA) is 39.7 Å². The minimum Gasteiger partial charge on any atom is -0.493 e. The van der Waals surface area contributed by atoms with Crippen molar-refractivity contribution in [1.29, 1.82) is 0 Å². The van der Waals surface area contributed by atoms with Crippen LogP contribution in [-0.4, -0.2) is 34.5 Å². The van der Waals surface area contributed by atoms with Gasteiger partial charge < -0.3 is 19.5 Å². The Labute approximate surface area is 132 Å². The van der Waals surface area contributed by atoms with Gasteiger partial charge >= 0.3 is 0 Å². The number of methoxy groups -OCH3 is 3. The maximum absolute atomic E-state index is 6.20. The van der Waals surface area contributed by atoms with Gasteiger partial charge in [0, 0.05) is 26.8 Å². The first-order valence-corrected chi connectivity index (χ1v) is 7.41. The predicted molar refractivity (Wildman–Crippen MR) is 86.5 cm³/mol. The normalized spacial score (nSPS) is 11.5. The molecule has 5 heteroatoms. The van der Waals surface area contributed by atoms with Crippen LogP contribution < -0.4 is 14.8 Å². The third kappa shape index (κ3) is 5.73. The average Bonchev–Trinajstić information content (AvgIpc) is 2.44. The first kappa shape index (κ1) is 18.1. The van der Waals surface area contributed by atoms with Crippen molar-refractivity contribution in [3.8, 4) is 11.5 Å². The molecule has 0 radical (unpaired) electrons. The largest absolute Gasteiger partial charge is 0.493 e. The fourth-order valence-corrected chi connectivity index (χ4v) is 2.40. The van der Waals surface area contributed by atoms with Crippen LogP contribution in [0.3, 0.4) is 0 Å². The molecule has 0 aliphatic rings. The highest BCUT2D eigenvalue weighted by Crippen LogP contribution is 2.36. The second-order valence-corrected chi connectivity index (χ2v) is 6.23. The summed E-state index contributed by atoms with van der Waals surface area (Å²) in [4.78, 5) is 0. The Morgan fingerprint density at radius 1 is 1.14 bits per heavy atom. The third-order valence-electron chi connectivity index (χ3n) is 3.41. The second kappa shape index (κ2) is 8.47. The molecule has 0 saturated carbocycles. The highest BCUT2D eigenvalue weighted by Gasteiger charge is 2.17. The van der Waals surface area contributed by atoms with Crippen LogP contribution in [0, 0.1) is 5.41 Å². The summed E-state index contributed by atoms with van der Waals surface area (Å²) in [7, 11) is 4.92. The highest BCUT2D eigenvalue weighted by atomic mass is 35.5. The van der Waals surface area contributed by atoms with Crippen LogP contribution >= 0.6 is 11.6 Å². The molecule has 1 rings (SSSR count). The van der Waals surface area contributed by atoms with E-state index in [1.165, 1.54) is 0 Å². The monoisotopic (exact) mass is 315 g/mol. The van der Waals surface area contributed by atoms with Gasteiger partial charge in [0.1, 0.15) is 0 Å². The Kier molecular flexibility index (Phi) is 7.29. The van der Waals surface area contributed by atoms with Crippen LogP contribution in [0.1, 0.15) is 25.8 Å². The quantitative estimate of drug-likeness (QED) is 0.757. The van der Waals surface area contributed by atoms with Crippen molar-refractivity contribution < 1.29 is 14.2 Å². The molecule has 0 amide bonds. The van der Waals surface area contributed by atoms with E-state index in [1.807, 2.05) is 12.1 Å². The molecule has 0 spiro atoms. The second-order valence-electron chi connectivity index (χ2n) is 5.82. The number of halogens is 1. The number of hydrogen-bond donors (Lipinski definition) is 1. The zero-order valence-corrected chi connectivity index (χ0v) is 14.3. The van der Waals surface area contributed by atoms with Gasteiger partial charge in [-0.05, 0) is 29.5 Å². The van der Waals surface area contributed by atoms with Gasteiger partial charge in [0.2, 0.25) is 0 Å². The van der Waals surface area contributed by atoms with Crippen LogP contribution in [0.5, 0.6) is 11.5 Å². The molecule has 120 valence electrons. The molecule has 4 nitrogen and oxygen atoms in total. The molecule has 21 heavy (non-hydrogen) atoms. The van der Waals surface area contributed by atoms with Crippen molar-refractivity contribution >= 4 is 11.6 Å². The lowest BCUT2D eigenvalue weighted by Crippen LogP contribution is -2.30. The standard InChI is InChI=1S/C16H26ClNO3/c1-16(2,6-7-19-3)11-18-10-12-8-13(17)15(21-5)14(9-12)20-4/h8-9,18H,6-7,10-11H2,1-5H3. The molecular weight excluding hydrogens is 290 g/mol. The lowest BCUT2D eigenvalue weighted by atomic mass is 9.89. The van der Waals surface area contributed by atoms with E-state index >= 15 is 0 Å². The molecule has 0 unspecified atom stereocenters. The Balaban J connectivity index is 2.62. The summed E-state index contributed by atoms with van der Waals surface area (Å²) in [5.41, 5.74) is 1.26. The summed E-state index contributed by atoms with van der Waals surface area (Å²) in [5, 5.41) is 4.02. The van der Waals surface area contributed by atoms with Crippen LogP contribution in [0.2, 0.25) is 5.02 Å². The summed E-state index contributed by atoms with van der Waals surface area (Å²) in [6.07, 6.45) is 1.02. The van der Waals surface area contributed by atoms with Gasteiger partial charge in [-0.2, -0.15) is 0 Å². The van der Waals surface area contributed by atoms with Gasteiger partial charge in [-0.15, -0.1) is 0 Å². The Morgan fingerprint density at radius 2 is 1.86 bits per heavy atom. The summed E-state index contributed by atoms with van der Waals surface area (Å²) in [6.45, 7) is 6.86. The van der Waals surface area contributed by atoms with Gasteiger partial charge in [-0.3, -0.25) is 0 Å². The Bertz CT molecular complexity index is 449. The number of ether oxygens (including phenoxy) is 3. The third-order valence-corrected chi connectivity index (χ3v) is 3.69. The van der Waals surface area contributed by atoms with E-state index in [2.05, 4.69) is 19.2 Å². The zero-order valence-electron chi connectivity index (χ0n) is 13.6. The van der Waals surface area contributed by atoms with Crippen LogP contribution in [-0.2, 0) is 11.3 Å². The maximum atomic E-state index is 6.20. The van der Waals surface area contributed by atoms with Crippen LogP contribution in [0.25, 0.3) is 0 Å². The molecule has 0 aliphatic heterocycles. The van der Waals surface area contributed by atoms with E-state index in [0.717, 1.165) is 31.7 Å². The smallest absolute Gasteiger partial charge is 0.179 e. The molecule has 0 atom stereocenters. The zero-order chi connectivity index (χ0) is 15.9. The molecule has 0 heterocycles. The number of hydrogen-bond acceptors (Lipinski definition) is 4. The average molecular weight is 316 g/mol. The SMILES string of the molecule is COCCC(C)(C)CNCc1cc(Cl)c(OC)c(OC)c1. The number of benzene rings is 1. The highest BCUT2D eigenvalue weighted by molar-refractivity contribution is 6.32. The summed E-state index contributed by atoms with van der Waals surface area (Å²) >= 11 is 6.20. The van der Waals surface area contributed by atoms with E-state index in [0.29, 0.717) is 16.5 Å². The van der Waals surface area contributed by atoms with Crippen molar-refractivity contribution in [3.63, 3.8) is 0 Å². The molecule has 0 aliphatic carbocycles. The lowest BCUT2D eigenvalue weighted by molar-refractivity contribution is 0.150. The van der Waals surface area contributed by atoms with Crippen molar-refractivity contribution in [2.45, 2.75) is 26.8 Å². The first-order chi connectivity index (χ1) is 9.93. The van der Waals surface area contributed by atoms with Gasteiger partial charge in [0.25, 0.3) is 0 Å². The van der Waals surface area contributed by atoms with Crippen molar-refractivity contribution in [1.82, 2.24) is 5.32 Å². The van der Waals surface area contributed by atoms with Gasteiger partial charge in [-0.1, -0.05) is 25.4 Å². The summed E-state index contributed by atoms with van der Waals surface area (Å²) < 4.78 is 15.7. The maximum Gasteiger partial charge on any atom is 0.179 e.